The monoisotopic (exact) mass is 358 g/mol. The van der Waals surface area contributed by atoms with Crippen LogP contribution in [0.5, 0.6) is 0 Å². The van der Waals surface area contributed by atoms with Gasteiger partial charge in [0.2, 0.25) is 5.91 Å². The molecule has 126 valence electrons. The van der Waals surface area contributed by atoms with Crippen molar-refractivity contribution >= 4 is 43.2 Å². The molecule has 2 unspecified atom stereocenters. The maximum atomic E-state index is 11.9. The van der Waals surface area contributed by atoms with Crippen LogP contribution in [-0.4, -0.2) is 46.7 Å². The lowest BCUT2D eigenvalue weighted by Crippen LogP contribution is -2.53. The van der Waals surface area contributed by atoms with Crippen molar-refractivity contribution in [2.75, 3.05) is 11.5 Å². The lowest BCUT2D eigenvalue weighted by molar-refractivity contribution is -0.141. The molecule has 0 saturated carbocycles. The van der Waals surface area contributed by atoms with Gasteiger partial charge < -0.3 is 20.5 Å². The number of carbonyl (C=O) groups excluding carboxylic acids is 2. The van der Waals surface area contributed by atoms with E-state index in [2.05, 4.69) is 35.9 Å². The van der Waals surface area contributed by atoms with E-state index < -0.39 is 30.1 Å². The van der Waals surface area contributed by atoms with Crippen LogP contribution in [-0.2, 0) is 20.9 Å². The first-order valence-corrected chi connectivity index (χ1v) is 7.96. The first-order valence-electron chi connectivity index (χ1n) is 6.70. The highest BCUT2D eigenvalue weighted by Crippen LogP contribution is 2.01. The van der Waals surface area contributed by atoms with E-state index in [1.807, 2.05) is 18.2 Å². The fraction of sp³-hybridized carbons (Fsp3) is 0.357. The Morgan fingerprint density at radius 3 is 2.17 bits per heavy atom. The summed E-state index contributed by atoms with van der Waals surface area (Å²) in [5, 5.41) is 13.5. The molecule has 7 nitrogen and oxygen atoms in total. The number of alkyl carbamates (subject to hydrolysis) is 1. The van der Waals surface area contributed by atoms with Crippen LogP contribution in [0.3, 0.4) is 0 Å². The lowest BCUT2D eigenvalue weighted by atomic mass is 10.2. The molecule has 0 heterocycles. The summed E-state index contributed by atoms with van der Waals surface area (Å²) in [5.41, 5.74) is 0.801. The molecule has 0 spiro atoms. The second-order valence-corrected chi connectivity index (χ2v) is 5.25. The van der Waals surface area contributed by atoms with Gasteiger partial charge in [-0.3, -0.25) is 4.79 Å². The molecule has 0 bridgehead atoms. The molecule has 2 atom stereocenters. The van der Waals surface area contributed by atoms with Gasteiger partial charge in [-0.15, -0.1) is 0 Å². The SMILES string of the molecule is O=C(NC(CS)C(=O)NC(CS)C(=O)O)OCc1ccccc1. The maximum Gasteiger partial charge on any atom is 0.408 e. The van der Waals surface area contributed by atoms with E-state index in [1.54, 1.807) is 12.1 Å². The van der Waals surface area contributed by atoms with Crippen molar-refractivity contribution in [2.24, 2.45) is 0 Å². The molecule has 0 aliphatic rings. The van der Waals surface area contributed by atoms with E-state index in [-0.39, 0.29) is 18.1 Å². The molecule has 0 aliphatic carbocycles. The number of benzene rings is 1. The molecule has 1 aromatic carbocycles. The van der Waals surface area contributed by atoms with E-state index in [4.69, 9.17) is 9.84 Å². The van der Waals surface area contributed by atoms with Crippen LogP contribution in [0, 0.1) is 0 Å². The fourth-order valence-corrected chi connectivity index (χ4v) is 2.06. The summed E-state index contributed by atoms with van der Waals surface area (Å²) < 4.78 is 4.99. The second kappa shape index (κ2) is 10.0. The Labute approximate surface area is 144 Å². The highest BCUT2D eigenvalue weighted by molar-refractivity contribution is 7.80. The first kappa shape index (κ1) is 19.2. The molecular weight excluding hydrogens is 340 g/mol. The lowest BCUT2D eigenvalue weighted by Gasteiger charge is -2.19. The average molecular weight is 358 g/mol. The number of carboxylic acids is 1. The predicted molar refractivity (Wildman–Crippen MR) is 90.8 cm³/mol. The number of nitrogens with one attached hydrogen (secondary N) is 2. The van der Waals surface area contributed by atoms with Crippen LogP contribution in [0.2, 0.25) is 0 Å². The third-order valence-electron chi connectivity index (χ3n) is 2.80. The minimum Gasteiger partial charge on any atom is -0.480 e. The molecular formula is C14H18N2O5S2. The molecule has 23 heavy (non-hydrogen) atoms. The molecule has 0 aromatic heterocycles. The number of thiol groups is 2. The van der Waals surface area contributed by atoms with Gasteiger partial charge in [0.25, 0.3) is 0 Å². The van der Waals surface area contributed by atoms with Crippen LogP contribution < -0.4 is 10.6 Å². The number of amides is 2. The first-order chi connectivity index (χ1) is 11.0. The molecule has 0 saturated heterocycles. The number of ether oxygens (including phenoxy) is 1. The minimum atomic E-state index is -1.21. The molecule has 3 N–H and O–H groups in total. The Morgan fingerprint density at radius 2 is 1.65 bits per heavy atom. The third kappa shape index (κ3) is 6.83. The van der Waals surface area contributed by atoms with Crippen LogP contribution in [0.4, 0.5) is 4.79 Å². The Balaban J connectivity index is 2.49. The third-order valence-corrected chi connectivity index (χ3v) is 3.53. The van der Waals surface area contributed by atoms with Gasteiger partial charge in [0, 0.05) is 11.5 Å². The van der Waals surface area contributed by atoms with Crippen LogP contribution in [0.15, 0.2) is 30.3 Å². The summed E-state index contributed by atoms with van der Waals surface area (Å²) in [7, 11) is 0. The number of carboxylic acid groups (broad SMARTS) is 1. The Morgan fingerprint density at radius 1 is 1.04 bits per heavy atom. The summed E-state index contributed by atoms with van der Waals surface area (Å²) in [5.74, 6) is -1.96. The highest BCUT2D eigenvalue weighted by Gasteiger charge is 2.25. The number of aliphatic carboxylic acids is 1. The van der Waals surface area contributed by atoms with Crippen molar-refractivity contribution in [1.29, 1.82) is 0 Å². The van der Waals surface area contributed by atoms with Gasteiger partial charge in [0.1, 0.15) is 18.7 Å². The normalized spacial score (nSPS) is 12.8. The van der Waals surface area contributed by atoms with Crippen molar-refractivity contribution in [2.45, 2.75) is 18.7 Å². The zero-order valence-electron chi connectivity index (χ0n) is 12.1. The van der Waals surface area contributed by atoms with Crippen molar-refractivity contribution in [1.82, 2.24) is 10.6 Å². The number of carbonyl (C=O) groups is 3. The predicted octanol–water partition coefficient (Wildman–Crippen LogP) is 0.710. The standard InChI is InChI=1S/C14H18N2O5S2/c17-12(15-11(8-23)13(18)19)10(7-22)16-14(20)21-6-9-4-2-1-3-5-9/h1-5,10-11,22-23H,6-8H2,(H,15,17)(H,16,20)(H,18,19). The highest BCUT2D eigenvalue weighted by atomic mass is 32.1. The van der Waals surface area contributed by atoms with E-state index in [9.17, 15) is 14.4 Å². The zero-order valence-corrected chi connectivity index (χ0v) is 13.9. The molecule has 1 aromatic rings. The van der Waals surface area contributed by atoms with E-state index >= 15 is 0 Å². The molecule has 0 radical (unpaired) electrons. The number of hydrogen-bond acceptors (Lipinski definition) is 6. The van der Waals surface area contributed by atoms with Gasteiger partial charge in [0.05, 0.1) is 0 Å². The molecule has 1 rings (SSSR count). The maximum absolute atomic E-state index is 11.9. The summed E-state index contributed by atoms with van der Waals surface area (Å²) in [6, 6.07) is 6.89. The average Bonchev–Trinajstić information content (AvgIpc) is 2.56. The van der Waals surface area contributed by atoms with Crippen molar-refractivity contribution < 1.29 is 24.2 Å². The fourth-order valence-electron chi connectivity index (χ4n) is 1.56. The summed E-state index contributed by atoms with van der Waals surface area (Å²) in [6.07, 6.45) is -0.791. The Bertz CT molecular complexity index is 541. The van der Waals surface area contributed by atoms with Crippen molar-refractivity contribution in [3.8, 4) is 0 Å². The van der Waals surface area contributed by atoms with Crippen molar-refractivity contribution in [3.05, 3.63) is 35.9 Å². The minimum absolute atomic E-state index is 0.00875. The molecule has 9 heteroatoms. The van der Waals surface area contributed by atoms with Crippen LogP contribution in [0.1, 0.15) is 5.56 Å². The summed E-state index contributed by atoms with van der Waals surface area (Å²) >= 11 is 7.82. The van der Waals surface area contributed by atoms with Gasteiger partial charge in [-0.25, -0.2) is 9.59 Å². The zero-order chi connectivity index (χ0) is 17.2. The van der Waals surface area contributed by atoms with Gasteiger partial charge in [-0.1, -0.05) is 30.3 Å². The van der Waals surface area contributed by atoms with Gasteiger partial charge in [-0.2, -0.15) is 25.3 Å². The smallest absolute Gasteiger partial charge is 0.408 e. The second-order valence-electron chi connectivity index (χ2n) is 4.52. The molecule has 2 amide bonds. The largest absolute Gasteiger partial charge is 0.480 e. The van der Waals surface area contributed by atoms with E-state index in [0.717, 1.165) is 5.56 Å². The number of hydrogen-bond donors (Lipinski definition) is 5. The molecule has 0 fully saturated rings. The van der Waals surface area contributed by atoms with Crippen LogP contribution >= 0.6 is 25.3 Å². The van der Waals surface area contributed by atoms with E-state index in [1.165, 1.54) is 0 Å². The molecule has 0 aliphatic heterocycles. The summed E-state index contributed by atoms with van der Waals surface area (Å²) in [4.78, 5) is 34.5. The number of rotatable bonds is 8. The van der Waals surface area contributed by atoms with Crippen LogP contribution in [0.25, 0.3) is 0 Å². The van der Waals surface area contributed by atoms with E-state index in [0.29, 0.717) is 0 Å². The van der Waals surface area contributed by atoms with Gasteiger partial charge in [0.15, 0.2) is 0 Å². The van der Waals surface area contributed by atoms with Gasteiger partial charge in [-0.05, 0) is 5.56 Å². The summed E-state index contributed by atoms with van der Waals surface area (Å²) in [6.45, 7) is 0.0575. The van der Waals surface area contributed by atoms with Gasteiger partial charge >= 0.3 is 12.1 Å². The quantitative estimate of drug-likeness (QED) is 0.440. The Kier molecular flexibility index (Phi) is 8.35. The van der Waals surface area contributed by atoms with Crippen molar-refractivity contribution in [3.63, 3.8) is 0 Å². The Hall–Kier alpha value is -1.87. The topological polar surface area (TPSA) is 105 Å².